The number of hydrogen-bond acceptors (Lipinski definition) is 7. The number of nitrogens with zero attached hydrogens (tertiary/aromatic N) is 6. The Kier molecular flexibility index (Phi) is 4.38. The molecule has 3 aromatic heterocycles. The van der Waals surface area contributed by atoms with Crippen molar-refractivity contribution in [2.45, 2.75) is 18.9 Å². The Labute approximate surface area is 170 Å². The molecule has 0 spiro atoms. The van der Waals surface area contributed by atoms with Crippen molar-refractivity contribution in [1.29, 1.82) is 0 Å². The maximum atomic E-state index is 13.5. The number of nitrogens with one attached hydrogen (secondary N) is 1. The average Bonchev–Trinajstić information content (AvgIpc) is 3.47. The molecule has 1 unspecified atom stereocenters. The minimum absolute atomic E-state index is 0.0379. The lowest BCUT2D eigenvalue weighted by Crippen LogP contribution is -2.25. The molecule has 4 heterocycles. The molecule has 1 atom stereocenters. The molecule has 5 rings (SSSR count). The summed E-state index contributed by atoms with van der Waals surface area (Å²) in [5, 5.41) is 19.0. The molecule has 0 radical (unpaired) electrons. The highest BCUT2D eigenvalue weighted by molar-refractivity contribution is 5.59. The second-order valence-corrected chi connectivity index (χ2v) is 7.19. The van der Waals surface area contributed by atoms with Crippen LogP contribution >= 0.6 is 0 Å². The van der Waals surface area contributed by atoms with Crippen molar-refractivity contribution < 1.29 is 8.91 Å². The molecular weight excluding hydrogens is 389 g/mol. The first-order valence-corrected chi connectivity index (χ1v) is 9.54. The predicted molar refractivity (Wildman–Crippen MR) is 106 cm³/mol. The van der Waals surface area contributed by atoms with Crippen LogP contribution in [0.2, 0.25) is 0 Å². The van der Waals surface area contributed by atoms with Gasteiger partial charge in [-0.15, -0.1) is 10.2 Å². The van der Waals surface area contributed by atoms with Crippen LogP contribution < -0.4 is 10.5 Å². The minimum atomic E-state index is -0.325. The number of halogens is 1. The Morgan fingerprint density at radius 3 is 2.93 bits per heavy atom. The van der Waals surface area contributed by atoms with Crippen LogP contribution in [0, 0.1) is 5.82 Å². The Morgan fingerprint density at radius 2 is 2.10 bits per heavy atom. The monoisotopic (exact) mass is 407 g/mol. The zero-order valence-corrected chi connectivity index (χ0v) is 16.1. The number of hydrogen-bond donors (Lipinski definition) is 1. The second-order valence-electron chi connectivity index (χ2n) is 7.19. The second kappa shape index (κ2) is 7.21. The third-order valence-corrected chi connectivity index (χ3v) is 5.26. The van der Waals surface area contributed by atoms with E-state index in [0.29, 0.717) is 28.7 Å². The molecule has 30 heavy (non-hydrogen) atoms. The zero-order chi connectivity index (χ0) is 20.7. The molecule has 0 amide bonds. The first kappa shape index (κ1) is 18.2. The zero-order valence-electron chi connectivity index (χ0n) is 16.1. The van der Waals surface area contributed by atoms with Gasteiger partial charge in [-0.25, -0.2) is 9.49 Å². The highest BCUT2D eigenvalue weighted by Crippen LogP contribution is 2.37. The summed E-state index contributed by atoms with van der Waals surface area (Å²) in [5.74, 6) is 1.41. The van der Waals surface area contributed by atoms with Crippen LogP contribution in [0.15, 0.2) is 51.9 Å². The van der Waals surface area contributed by atoms with Gasteiger partial charge >= 0.3 is 0 Å². The molecule has 1 fully saturated rings. The van der Waals surface area contributed by atoms with Gasteiger partial charge in [0, 0.05) is 36.9 Å². The van der Waals surface area contributed by atoms with E-state index in [1.165, 1.54) is 18.2 Å². The standard InChI is InChI=1S/C20H18FN7O2/c1-27-19(13-9-18(29)23-22-11-13)24-25-20(27)28-7-3-6-16(28)15-10-17(30-26-15)12-4-2-5-14(21)8-12/h2,4-5,8-11,16H,3,6-7H2,1H3,(H,23,29). The van der Waals surface area contributed by atoms with E-state index in [0.717, 1.165) is 25.1 Å². The van der Waals surface area contributed by atoms with Crippen molar-refractivity contribution >= 4 is 5.95 Å². The molecule has 1 saturated heterocycles. The lowest BCUT2D eigenvalue weighted by atomic mass is 10.1. The predicted octanol–water partition coefficient (Wildman–Crippen LogP) is 2.70. The SMILES string of the molecule is Cn1c(-c2cn[nH]c(=O)c2)nnc1N1CCCC1c1cc(-c2cccc(F)c2)on1. The summed E-state index contributed by atoms with van der Waals surface area (Å²) >= 11 is 0. The molecule has 9 nitrogen and oxygen atoms in total. The van der Waals surface area contributed by atoms with Crippen LogP contribution in [-0.2, 0) is 7.05 Å². The Hall–Kier alpha value is -3.82. The first-order valence-electron chi connectivity index (χ1n) is 9.54. The highest BCUT2D eigenvalue weighted by Gasteiger charge is 2.32. The van der Waals surface area contributed by atoms with Crippen LogP contribution in [0.25, 0.3) is 22.7 Å². The van der Waals surface area contributed by atoms with E-state index in [2.05, 4.69) is 30.5 Å². The topological polar surface area (TPSA) is 106 Å². The van der Waals surface area contributed by atoms with Gasteiger partial charge in [0.15, 0.2) is 11.6 Å². The van der Waals surface area contributed by atoms with Gasteiger partial charge in [-0.2, -0.15) is 5.10 Å². The molecule has 0 bridgehead atoms. The Morgan fingerprint density at radius 1 is 1.20 bits per heavy atom. The molecule has 0 aliphatic carbocycles. The maximum absolute atomic E-state index is 13.5. The molecular formula is C20H18FN7O2. The molecule has 1 aromatic carbocycles. The summed E-state index contributed by atoms with van der Waals surface area (Å²) in [6.07, 6.45) is 3.38. The molecule has 0 saturated carbocycles. The maximum Gasteiger partial charge on any atom is 0.264 e. The van der Waals surface area contributed by atoms with Gasteiger partial charge in [-0.05, 0) is 25.0 Å². The van der Waals surface area contributed by atoms with Gasteiger partial charge in [0.2, 0.25) is 5.95 Å². The van der Waals surface area contributed by atoms with Crippen molar-refractivity contribution in [3.05, 3.63) is 64.5 Å². The van der Waals surface area contributed by atoms with E-state index in [4.69, 9.17) is 4.52 Å². The number of aromatic amines is 1. The third-order valence-electron chi connectivity index (χ3n) is 5.26. The summed E-state index contributed by atoms with van der Waals surface area (Å²) in [6, 6.07) is 9.47. The normalized spacial score (nSPS) is 16.3. The van der Waals surface area contributed by atoms with Gasteiger partial charge in [0.1, 0.15) is 11.5 Å². The van der Waals surface area contributed by atoms with Crippen molar-refractivity contribution in [3.63, 3.8) is 0 Å². The van der Waals surface area contributed by atoms with E-state index < -0.39 is 0 Å². The fourth-order valence-electron chi connectivity index (χ4n) is 3.86. The molecule has 1 N–H and O–H groups in total. The number of benzene rings is 1. The third kappa shape index (κ3) is 3.15. The summed E-state index contributed by atoms with van der Waals surface area (Å²) in [7, 11) is 1.85. The lowest BCUT2D eigenvalue weighted by molar-refractivity contribution is 0.415. The van der Waals surface area contributed by atoms with Crippen LogP contribution in [0.5, 0.6) is 0 Å². The van der Waals surface area contributed by atoms with Gasteiger partial charge in [0.05, 0.1) is 12.2 Å². The van der Waals surface area contributed by atoms with Gasteiger partial charge in [-0.1, -0.05) is 17.3 Å². The van der Waals surface area contributed by atoms with Crippen LogP contribution in [-0.4, -0.2) is 36.7 Å². The molecule has 4 aromatic rings. The van der Waals surface area contributed by atoms with Gasteiger partial charge in [-0.3, -0.25) is 9.36 Å². The summed E-state index contributed by atoms with van der Waals surface area (Å²) in [5.41, 5.74) is 1.68. The first-order chi connectivity index (χ1) is 14.6. The van der Waals surface area contributed by atoms with E-state index in [-0.39, 0.29) is 17.4 Å². The molecule has 1 aliphatic rings. The average molecular weight is 407 g/mol. The largest absolute Gasteiger partial charge is 0.356 e. The van der Waals surface area contributed by atoms with E-state index in [1.807, 2.05) is 17.7 Å². The van der Waals surface area contributed by atoms with Crippen LogP contribution in [0.3, 0.4) is 0 Å². The lowest BCUT2D eigenvalue weighted by Gasteiger charge is -2.23. The number of aromatic nitrogens is 6. The highest BCUT2D eigenvalue weighted by atomic mass is 19.1. The summed E-state index contributed by atoms with van der Waals surface area (Å²) < 4.78 is 20.9. The van der Waals surface area contributed by atoms with E-state index in [9.17, 15) is 9.18 Å². The van der Waals surface area contributed by atoms with Crippen LogP contribution in [0.4, 0.5) is 10.3 Å². The van der Waals surface area contributed by atoms with Crippen molar-refractivity contribution in [2.75, 3.05) is 11.4 Å². The number of H-pyrrole nitrogens is 1. The minimum Gasteiger partial charge on any atom is -0.356 e. The van der Waals surface area contributed by atoms with Gasteiger partial charge in [0.25, 0.3) is 5.56 Å². The van der Waals surface area contributed by atoms with Crippen LogP contribution in [0.1, 0.15) is 24.6 Å². The quantitative estimate of drug-likeness (QED) is 0.554. The van der Waals surface area contributed by atoms with Gasteiger partial charge < -0.3 is 9.42 Å². The fraction of sp³-hybridized carbons (Fsp3) is 0.250. The van der Waals surface area contributed by atoms with E-state index in [1.54, 1.807) is 18.3 Å². The van der Waals surface area contributed by atoms with E-state index >= 15 is 0 Å². The van der Waals surface area contributed by atoms with Crippen molar-refractivity contribution in [2.24, 2.45) is 7.05 Å². The summed E-state index contributed by atoms with van der Waals surface area (Å²) in [4.78, 5) is 13.7. The number of rotatable bonds is 4. The molecule has 152 valence electrons. The van der Waals surface area contributed by atoms with Crippen molar-refractivity contribution in [1.82, 2.24) is 30.1 Å². The molecule has 10 heteroatoms. The Bertz CT molecular complexity index is 1260. The molecule has 1 aliphatic heterocycles. The fourth-order valence-corrected chi connectivity index (χ4v) is 3.86. The summed E-state index contributed by atoms with van der Waals surface area (Å²) in [6.45, 7) is 0.784. The number of anilines is 1. The Balaban J connectivity index is 1.46. The van der Waals surface area contributed by atoms with Crippen molar-refractivity contribution in [3.8, 4) is 22.7 Å². The smallest absolute Gasteiger partial charge is 0.264 e.